The van der Waals surface area contributed by atoms with Crippen LogP contribution in [-0.2, 0) is 11.2 Å². The van der Waals surface area contributed by atoms with Crippen molar-refractivity contribution in [2.24, 2.45) is 0 Å². The van der Waals surface area contributed by atoms with Gasteiger partial charge >= 0.3 is 6.18 Å². The zero-order valence-corrected chi connectivity index (χ0v) is 12.9. The number of hydrogen-bond donors (Lipinski definition) is 1. The molecule has 0 radical (unpaired) electrons. The van der Waals surface area contributed by atoms with Gasteiger partial charge in [0.1, 0.15) is 11.5 Å². The van der Waals surface area contributed by atoms with Crippen LogP contribution in [0.3, 0.4) is 0 Å². The second-order valence-electron chi connectivity index (χ2n) is 4.97. The van der Waals surface area contributed by atoms with E-state index in [1.807, 2.05) is 0 Å². The van der Waals surface area contributed by atoms with E-state index in [-0.39, 0.29) is 23.8 Å². The Kier molecular flexibility index (Phi) is 5.68. The predicted octanol–water partition coefficient (Wildman–Crippen LogP) is 3.82. The zero-order chi connectivity index (χ0) is 17.6. The topological polar surface area (TPSA) is 47.6 Å². The SMILES string of the molecule is COc1ccc(CC(=O)Nc2ccccc2OCC(F)(F)F)cc1. The van der Waals surface area contributed by atoms with Crippen LogP contribution in [0.1, 0.15) is 5.56 Å². The maximum Gasteiger partial charge on any atom is 0.422 e. The van der Waals surface area contributed by atoms with E-state index < -0.39 is 12.8 Å². The van der Waals surface area contributed by atoms with E-state index in [9.17, 15) is 18.0 Å². The number of rotatable bonds is 6. The summed E-state index contributed by atoms with van der Waals surface area (Å²) in [4.78, 5) is 12.1. The summed E-state index contributed by atoms with van der Waals surface area (Å²) in [5.74, 6) is 0.284. The van der Waals surface area contributed by atoms with E-state index in [1.54, 1.807) is 37.4 Å². The number of alkyl halides is 3. The Morgan fingerprint density at radius 2 is 1.75 bits per heavy atom. The number of halogens is 3. The molecule has 4 nitrogen and oxygen atoms in total. The van der Waals surface area contributed by atoms with Crippen LogP contribution in [-0.4, -0.2) is 25.8 Å². The number of hydrogen-bond acceptors (Lipinski definition) is 3. The average molecular weight is 339 g/mol. The van der Waals surface area contributed by atoms with Crippen LogP contribution in [0.15, 0.2) is 48.5 Å². The van der Waals surface area contributed by atoms with Crippen molar-refractivity contribution in [3.8, 4) is 11.5 Å². The number of nitrogens with one attached hydrogen (secondary N) is 1. The minimum Gasteiger partial charge on any atom is -0.497 e. The van der Waals surface area contributed by atoms with Crippen LogP contribution >= 0.6 is 0 Å². The minimum atomic E-state index is -4.44. The summed E-state index contributed by atoms with van der Waals surface area (Å²) in [6.45, 7) is -1.42. The molecule has 2 aromatic rings. The maximum atomic E-state index is 12.3. The molecule has 128 valence electrons. The molecule has 2 aromatic carbocycles. The first-order chi connectivity index (χ1) is 11.4. The number of benzene rings is 2. The Balaban J connectivity index is 2.00. The molecular weight excluding hydrogens is 323 g/mol. The first-order valence-electron chi connectivity index (χ1n) is 7.09. The molecule has 0 aliphatic rings. The molecule has 24 heavy (non-hydrogen) atoms. The van der Waals surface area contributed by atoms with Gasteiger partial charge in [0.25, 0.3) is 0 Å². The first-order valence-corrected chi connectivity index (χ1v) is 7.09. The fourth-order valence-electron chi connectivity index (χ4n) is 1.98. The summed E-state index contributed by atoms with van der Waals surface area (Å²) in [6.07, 6.45) is -4.36. The van der Waals surface area contributed by atoms with Gasteiger partial charge < -0.3 is 14.8 Å². The second-order valence-corrected chi connectivity index (χ2v) is 4.97. The highest BCUT2D eigenvalue weighted by Gasteiger charge is 2.28. The summed E-state index contributed by atoms with van der Waals surface area (Å²) >= 11 is 0. The summed E-state index contributed by atoms with van der Waals surface area (Å²) in [5.41, 5.74) is 0.947. The van der Waals surface area contributed by atoms with E-state index in [1.165, 1.54) is 18.2 Å². The molecule has 2 rings (SSSR count). The van der Waals surface area contributed by atoms with E-state index in [2.05, 4.69) is 5.32 Å². The Bertz CT molecular complexity index is 684. The van der Waals surface area contributed by atoms with Crippen molar-refractivity contribution >= 4 is 11.6 Å². The lowest BCUT2D eigenvalue weighted by Crippen LogP contribution is -2.20. The Morgan fingerprint density at radius 3 is 2.38 bits per heavy atom. The molecule has 0 spiro atoms. The van der Waals surface area contributed by atoms with Gasteiger partial charge in [0, 0.05) is 0 Å². The number of carbonyl (C=O) groups excluding carboxylic acids is 1. The van der Waals surface area contributed by atoms with Crippen molar-refractivity contribution in [2.45, 2.75) is 12.6 Å². The highest BCUT2D eigenvalue weighted by atomic mass is 19.4. The molecule has 0 aromatic heterocycles. The third kappa shape index (κ3) is 5.49. The van der Waals surface area contributed by atoms with Crippen LogP contribution in [0.5, 0.6) is 11.5 Å². The van der Waals surface area contributed by atoms with E-state index in [0.29, 0.717) is 5.75 Å². The van der Waals surface area contributed by atoms with Crippen LogP contribution in [0.2, 0.25) is 0 Å². The van der Waals surface area contributed by atoms with E-state index >= 15 is 0 Å². The van der Waals surface area contributed by atoms with Crippen LogP contribution in [0.25, 0.3) is 0 Å². The molecule has 0 aliphatic carbocycles. The number of ether oxygens (including phenoxy) is 2. The largest absolute Gasteiger partial charge is 0.497 e. The average Bonchev–Trinajstić information content (AvgIpc) is 2.54. The molecule has 1 amide bonds. The van der Waals surface area contributed by atoms with Gasteiger partial charge in [-0.3, -0.25) is 4.79 Å². The molecule has 0 bridgehead atoms. The van der Waals surface area contributed by atoms with Crippen molar-refractivity contribution in [3.05, 3.63) is 54.1 Å². The summed E-state index contributed by atoms with van der Waals surface area (Å²) in [5, 5.41) is 2.56. The Hall–Kier alpha value is -2.70. The number of amides is 1. The van der Waals surface area contributed by atoms with Crippen molar-refractivity contribution < 1.29 is 27.4 Å². The van der Waals surface area contributed by atoms with Crippen molar-refractivity contribution in [1.82, 2.24) is 0 Å². The molecule has 0 fully saturated rings. The summed E-state index contributed by atoms with van der Waals surface area (Å²) in [6, 6.07) is 12.9. The molecule has 7 heteroatoms. The van der Waals surface area contributed by atoms with Gasteiger partial charge in [-0.1, -0.05) is 24.3 Å². The lowest BCUT2D eigenvalue weighted by Gasteiger charge is -2.13. The van der Waals surface area contributed by atoms with E-state index in [4.69, 9.17) is 9.47 Å². The van der Waals surface area contributed by atoms with Gasteiger partial charge in [-0.05, 0) is 29.8 Å². The third-order valence-electron chi connectivity index (χ3n) is 3.08. The molecule has 0 unspecified atom stereocenters. The molecule has 0 aliphatic heterocycles. The monoisotopic (exact) mass is 339 g/mol. The molecule has 0 saturated carbocycles. The number of para-hydroxylation sites is 2. The highest BCUT2D eigenvalue weighted by Crippen LogP contribution is 2.26. The third-order valence-corrected chi connectivity index (χ3v) is 3.08. The molecule has 0 heterocycles. The highest BCUT2D eigenvalue weighted by molar-refractivity contribution is 5.93. The maximum absolute atomic E-state index is 12.3. The number of carbonyl (C=O) groups is 1. The van der Waals surface area contributed by atoms with Gasteiger partial charge in [-0.2, -0.15) is 13.2 Å². The Labute approximate surface area is 137 Å². The fraction of sp³-hybridized carbons (Fsp3) is 0.235. The lowest BCUT2D eigenvalue weighted by molar-refractivity contribution is -0.153. The van der Waals surface area contributed by atoms with E-state index in [0.717, 1.165) is 5.56 Å². The summed E-state index contributed by atoms with van der Waals surface area (Å²) in [7, 11) is 1.54. The lowest BCUT2D eigenvalue weighted by atomic mass is 10.1. The molecular formula is C17H16F3NO3. The van der Waals surface area contributed by atoms with Gasteiger partial charge in [-0.15, -0.1) is 0 Å². The Morgan fingerprint density at radius 1 is 1.08 bits per heavy atom. The molecule has 0 saturated heterocycles. The predicted molar refractivity (Wildman–Crippen MR) is 83.3 cm³/mol. The normalized spacial score (nSPS) is 11.0. The molecule has 1 N–H and O–H groups in total. The number of anilines is 1. The van der Waals surface area contributed by atoms with Gasteiger partial charge in [0.2, 0.25) is 5.91 Å². The summed E-state index contributed by atoms with van der Waals surface area (Å²) < 4.78 is 46.5. The van der Waals surface area contributed by atoms with Gasteiger partial charge in [0.15, 0.2) is 6.61 Å². The van der Waals surface area contributed by atoms with Crippen molar-refractivity contribution in [3.63, 3.8) is 0 Å². The van der Waals surface area contributed by atoms with Gasteiger partial charge in [-0.25, -0.2) is 0 Å². The van der Waals surface area contributed by atoms with Crippen LogP contribution < -0.4 is 14.8 Å². The quantitative estimate of drug-likeness (QED) is 0.870. The standard InChI is InChI=1S/C17H16F3NO3/c1-23-13-8-6-12(7-9-13)10-16(22)21-14-4-2-3-5-15(14)24-11-17(18,19)20/h2-9H,10-11H2,1H3,(H,21,22). The number of methoxy groups -OCH3 is 1. The van der Waals surface area contributed by atoms with Crippen LogP contribution in [0.4, 0.5) is 18.9 Å². The smallest absolute Gasteiger partial charge is 0.422 e. The van der Waals surface area contributed by atoms with Gasteiger partial charge in [0.05, 0.1) is 19.2 Å². The van der Waals surface area contributed by atoms with Crippen molar-refractivity contribution in [1.29, 1.82) is 0 Å². The van der Waals surface area contributed by atoms with Crippen molar-refractivity contribution in [2.75, 3.05) is 19.0 Å². The molecule has 0 atom stereocenters. The second kappa shape index (κ2) is 7.72. The van der Waals surface area contributed by atoms with Crippen LogP contribution in [0, 0.1) is 0 Å². The fourth-order valence-corrected chi connectivity index (χ4v) is 1.98. The first kappa shape index (κ1) is 17.7. The zero-order valence-electron chi connectivity index (χ0n) is 12.9. The minimum absolute atomic E-state index is 0.0297.